The van der Waals surface area contributed by atoms with Crippen LogP contribution in [-0.4, -0.2) is 9.13 Å². The second-order valence-corrected chi connectivity index (χ2v) is 15.3. The molecular formula is C46H38N4. The van der Waals surface area contributed by atoms with Gasteiger partial charge in [0.15, 0.2) is 0 Å². The Hall–Kier alpha value is -6.10. The highest BCUT2D eigenvalue weighted by atomic mass is 15.0. The number of rotatable bonds is 3. The van der Waals surface area contributed by atoms with Crippen LogP contribution in [0.25, 0.3) is 66.1 Å². The zero-order chi connectivity index (χ0) is 34.9. The van der Waals surface area contributed by atoms with Crippen molar-refractivity contribution < 1.29 is 0 Å². The summed E-state index contributed by atoms with van der Waals surface area (Å²) in [6, 6.07) is 47.3. The molecule has 0 N–H and O–H groups in total. The van der Waals surface area contributed by atoms with Gasteiger partial charge < -0.3 is 9.13 Å². The SMILES string of the molecule is CC(C)(C)c1ccc2c(c1)c1ccccc1n2-c1ccc(-c2cccc(C#N)c2)c(-n2c3ccccc3c3cc(C(C)(C)C)ccc32)c1C#N. The fraction of sp³-hybridized carbons (Fsp3) is 0.174. The van der Waals surface area contributed by atoms with E-state index in [-0.39, 0.29) is 10.8 Å². The monoisotopic (exact) mass is 646 g/mol. The number of nitriles is 2. The molecule has 2 aromatic heterocycles. The fourth-order valence-electron chi connectivity index (χ4n) is 7.48. The lowest BCUT2D eigenvalue weighted by Crippen LogP contribution is -2.11. The highest BCUT2D eigenvalue weighted by Crippen LogP contribution is 2.43. The number of fused-ring (bicyclic) bond motifs is 6. The molecule has 0 amide bonds. The molecular weight excluding hydrogens is 609 g/mol. The molecule has 0 fully saturated rings. The van der Waals surface area contributed by atoms with Gasteiger partial charge in [0.2, 0.25) is 0 Å². The van der Waals surface area contributed by atoms with Crippen molar-refractivity contribution in [3.05, 3.63) is 144 Å². The largest absolute Gasteiger partial charge is 0.308 e. The summed E-state index contributed by atoms with van der Waals surface area (Å²) in [7, 11) is 0. The van der Waals surface area contributed by atoms with Gasteiger partial charge >= 0.3 is 0 Å². The molecule has 0 unspecified atom stereocenters. The van der Waals surface area contributed by atoms with E-state index in [0.29, 0.717) is 11.1 Å². The molecule has 50 heavy (non-hydrogen) atoms. The molecule has 4 heteroatoms. The second kappa shape index (κ2) is 11.2. The lowest BCUT2D eigenvalue weighted by atomic mass is 9.86. The molecule has 0 atom stereocenters. The van der Waals surface area contributed by atoms with Gasteiger partial charge in [0.1, 0.15) is 11.6 Å². The molecule has 4 nitrogen and oxygen atoms in total. The van der Waals surface area contributed by atoms with Crippen molar-refractivity contribution in [1.82, 2.24) is 9.13 Å². The zero-order valence-corrected chi connectivity index (χ0v) is 29.3. The Morgan fingerprint density at radius 1 is 0.480 bits per heavy atom. The maximum atomic E-state index is 11.3. The Kier molecular flexibility index (Phi) is 7.00. The molecule has 0 spiro atoms. The minimum absolute atomic E-state index is 0.00855. The number of benzene rings is 6. The van der Waals surface area contributed by atoms with E-state index in [0.717, 1.165) is 66.1 Å². The van der Waals surface area contributed by atoms with Crippen molar-refractivity contribution in [2.45, 2.75) is 52.4 Å². The topological polar surface area (TPSA) is 57.4 Å². The average molecular weight is 647 g/mol. The van der Waals surface area contributed by atoms with Gasteiger partial charge in [0.05, 0.1) is 45.1 Å². The predicted molar refractivity (Wildman–Crippen MR) is 207 cm³/mol. The third-order valence-electron chi connectivity index (χ3n) is 10.1. The molecule has 8 rings (SSSR count). The number of hydrogen-bond acceptors (Lipinski definition) is 2. The maximum absolute atomic E-state index is 11.3. The van der Waals surface area contributed by atoms with Crippen molar-refractivity contribution in [2.75, 3.05) is 0 Å². The van der Waals surface area contributed by atoms with Gasteiger partial charge in [-0.1, -0.05) is 108 Å². The first-order valence-corrected chi connectivity index (χ1v) is 17.2. The zero-order valence-electron chi connectivity index (χ0n) is 29.3. The van der Waals surface area contributed by atoms with Gasteiger partial charge in [0.25, 0.3) is 0 Å². The highest BCUT2D eigenvalue weighted by Gasteiger charge is 2.26. The van der Waals surface area contributed by atoms with Gasteiger partial charge in [-0.15, -0.1) is 0 Å². The van der Waals surface area contributed by atoms with Crippen LogP contribution in [0.2, 0.25) is 0 Å². The Bertz CT molecular complexity index is 2740. The van der Waals surface area contributed by atoms with Crippen LogP contribution < -0.4 is 0 Å². The molecule has 0 saturated carbocycles. The van der Waals surface area contributed by atoms with Crippen molar-refractivity contribution >= 4 is 43.6 Å². The maximum Gasteiger partial charge on any atom is 0.104 e. The summed E-state index contributed by atoms with van der Waals surface area (Å²) in [6.07, 6.45) is 0. The average Bonchev–Trinajstić information content (AvgIpc) is 3.62. The Morgan fingerprint density at radius 3 is 1.58 bits per heavy atom. The Balaban J connectivity index is 1.54. The Labute approximate surface area is 293 Å². The van der Waals surface area contributed by atoms with E-state index in [9.17, 15) is 10.5 Å². The normalized spacial score (nSPS) is 12.2. The lowest BCUT2D eigenvalue weighted by molar-refractivity contribution is 0.591. The van der Waals surface area contributed by atoms with Gasteiger partial charge in [-0.05, 0) is 82.1 Å². The molecule has 0 saturated heterocycles. The smallest absolute Gasteiger partial charge is 0.104 e. The van der Waals surface area contributed by atoms with E-state index in [1.165, 1.54) is 11.1 Å². The van der Waals surface area contributed by atoms with Gasteiger partial charge in [-0.2, -0.15) is 10.5 Å². The predicted octanol–water partition coefficient (Wildman–Crippen LogP) is 11.9. The molecule has 0 radical (unpaired) electrons. The second-order valence-electron chi connectivity index (χ2n) is 15.3. The first kappa shape index (κ1) is 31.2. The van der Waals surface area contributed by atoms with Gasteiger partial charge in [0, 0.05) is 27.1 Å². The molecule has 8 aromatic rings. The molecule has 2 heterocycles. The van der Waals surface area contributed by atoms with Crippen LogP contribution in [0.3, 0.4) is 0 Å². The van der Waals surface area contributed by atoms with Crippen LogP contribution in [-0.2, 0) is 10.8 Å². The van der Waals surface area contributed by atoms with E-state index in [1.807, 2.05) is 24.3 Å². The summed E-state index contributed by atoms with van der Waals surface area (Å²) in [4.78, 5) is 0. The summed E-state index contributed by atoms with van der Waals surface area (Å²) < 4.78 is 4.51. The third kappa shape index (κ3) is 4.80. The van der Waals surface area contributed by atoms with Crippen LogP contribution in [0.1, 0.15) is 63.8 Å². The van der Waals surface area contributed by atoms with Crippen LogP contribution in [0.15, 0.2) is 121 Å². The van der Waals surface area contributed by atoms with Gasteiger partial charge in [-0.3, -0.25) is 0 Å². The molecule has 0 aliphatic heterocycles. The minimum atomic E-state index is -0.0264. The summed E-state index contributed by atoms with van der Waals surface area (Å²) in [5, 5.41) is 25.8. The lowest BCUT2D eigenvalue weighted by Gasteiger charge is -2.21. The number of para-hydroxylation sites is 2. The number of nitrogens with zero attached hydrogens (tertiary/aromatic N) is 4. The highest BCUT2D eigenvalue weighted by molar-refractivity contribution is 6.12. The van der Waals surface area contributed by atoms with Crippen molar-refractivity contribution in [3.8, 4) is 34.6 Å². The summed E-state index contributed by atoms with van der Waals surface area (Å²) in [5.41, 5.74) is 11.2. The van der Waals surface area contributed by atoms with Crippen molar-refractivity contribution in [3.63, 3.8) is 0 Å². The summed E-state index contributed by atoms with van der Waals surface area (Å²) in [5.74, 6) is 0. The minimum Gasteiger partial charge on any atom is -0.308 e. The van der Waals surface area contributed by atoms with Crippen LogP contribution in [0.4, 0.5) is 0 Å². The van der Waals surface area contributed by atoms with E-state index in [1.54, 1.807) is 0 Å². The molecule has 6 aromatic carbocycles. The summed E-state index contributed by atoms with van der Waals surface area (Å²) >= 11 is 0. The van der Waals surface area contributed by atoms with Crippen LogP contribution in [0.5, 0.6) is 0 Å². The van der Waals surface area contributed by atoms with E-state index < -0.39 is 0 Å². The first-order chi connectivity index (χ1) is 24.0. The standard InChI is InChI=1S/C46H38N4/c1-45(2,3)31-18-21-41-36(25-31)34-14-7-9-16-39(34)49(41)43-23-20-33(30-13-11-12-29(24-30)27-47)44(38(43)28-48)50-40-17-10-8-15-35(40)37-26-32(46(4,5)6)19-22-42(37)50/h7-26H,1-6H3. The first-order valence-electron chi connectivity index (χ1n) is 17.2. The summed E-state index contributed by atoms with van der Waals surface area (Å²) in [6.45, 7) is 13.4. The number of hydrogen-bond donors (Lipinski definition) is 0. The van der Waals surface area contributed by atoms with Crippen LogP contribution in [0, 0.1) is 22.7 Å². The van der Waals surface area contributed by atoms with E-state index in [2.05, 4.69) is 160 Å². The fourth-order valence-corrected chi connectivity index (χ4v) is 7.48. The third-order valence-corrected chi connectivity index (χ3v) is 10.1. The quantitative estimate of drug-likeness (QED) is 0.192. The van der Waals surface area contributed by atoms with Crippen molar-refractivity contribution in [1.29, 1.82) is 10.5 Å². The molecule has 0 aliphatic carbocycles. The molecule has 0 bridgehead atoms. The van der Waals surface area contributed by atoms with Gasteiger partial charge in [-0.25, -0.2) is 0 Å². The van der Waals surface area contributed by atoms with Crippen LogP contribution >= 0.6 is 0 Å². The molecule has 0 aliphatic rings. The van der Waals surface area contributed by atoms with Crippen molar-refractivity contribution in [2.24, 2.45) is 0 Å². The molecule has 242 valence electrons. The van der Waals surface area contributed by atoms with E-state index >= 15 is 0 Å². The Morgan fingerprint density at radius 2 is 1.02 bits per heavy atom. The number of aromatic nitrogens is 2. The van der Waals surface area contributed by atoms with E-state index in [4.69, 9.17) is 0 Å².